The van der Waals surface area contributed by atoms with Gasteiger partial charge in [-0.25, -0.2) is 0 Å². The van der Waals surface area contributed by atoms with Crippen molar-refractivity contribution in [2.75, 3.05) is 13.6 Å². The van der Waals surface area contributed by atoms with Gasteiger partial charge in [0.25, 0.3) is 0 Å². The zero-order valence-electron chi connectivity index (χ0n) is 24.2. The topological polar surface area (TPSA) is 50.4 Å². The minimum absolute atomic E-state index is 0.00141. The van der Waals surface area contributed by atoms with Crippen LogP contribution in [0.4, 0.5) is 0 Å². The number of nitrogens with one attached hydrogen (secondary N) is 2. The fraction of sp³-hybridized carbons (Fsp3) is 0.906. The van der Waals surface area contributed by atoms with Crippen LogP contribution in [0.15, 0.2) is 11.6 Å². The summed E-state index contributed by atoms with van der Waals surface area (Å²) in [7, 11) is 2.03. The van der Waals surface area contributed by atoms with Crippen LogP contribution in [0.3, 0.4) is 0 Å². The van der Waals surface area contributed by atoms with Crippen LogP contribution < -0.4 is 10.6 Å². The molecule has 1 heterocycles. The smallest absolute Gasteiger partial charge is 0.302 e. The van der Waals surface area contributed by atoms with Gasteiger partial charge >= 0.3 is 5.97 Å². The van der Waals surface area contributed by atoms with E-state index >= 15 is 0 Å². The summed E-state index contributed by atoms with van der Waals surface area (Å²) in [6, 6.07) is 1.000. The van der Waals surface area contributed by atoms with E-state index in [-0.39, 0.29) is 23.5 Å². The summed E-state index contributed by atoms with van der Waals surface area (Å²) in [5, 5.41) is 7.36. The number of esters is 1. The van der Waals surface area contributed by atoms with Gasteiger partial charge in [-0.2, -0.15) is 0 Å². The van der Waals surface area contributed by atoms with Crippen LogP contribution >= 0.6 is 0 Å². The lowest BCUT2D eigenvalue weighted by Gasteiger charge is -2.59. The molecule has 1 aliphatic heterocycles. The lowest BCUT2D eigenvalue weighted by Crippen LogP contribution is -2.58. The van der Waals surface area contributed by atoms with E-state index in [4.69, 9.17) is 4.74 Å². The molecule has 0 amide bonds. The molecule has 1 saturated heterocycles. The van der Waals surface area contributed by atoms with Crippen molar-refractivity contribution in [3.05, 3.63) is 11.6 Å². The standard InChI is InChI=1S/C32H54N2O2/c1-19(2)22-14-17-34-29(22)18-20(3)24-10-11-25-23-8-9-27-30(36-21(4)35)28(33-7)13-16-32(27,6)26(23)12-15-31(24,25)5/h8,19-20,22,24-30,33-34H,9-18H2,1-7H3/t20-,22+,24-,25+,26+,27+,28-,29-,30-,31-,32-/m1/s1. The summed E-state index contributed by atoms with van der Waals surface area (Å²) in [6.45, 7) is 15.4. The predicted molar refractivity (Wildman–Crippen MR) is 147 cm³/mol. The van der Waals surface area contributed by atoms with Crippen molar-refractivity contribution < 1.29 is 9.53 Å². The van der Waals surface area contributed by atoms with E-state index in [0.29, 0.717) is 23.3 Å². The molecule has 36 heavy (non-hydrogen) atoms. The average molecular weight is 499 g/mol. The first-order chi connectivity index (χ1) is 17.1. The summed E-state index contributed by atoms with van der Waals surface area (Å²) >= 11 is 0. The Bertz CT molecular complexity index is 853. The molecule has 0 aromatic heterocycles. The van der Waals surface area contributed by atoms with Gasteiger partial charge in [-0.3, -0.25) is 4.79 Å². The number of allylic oxidation sites excluding steroid dienone is 2. The van der Waals surface area contributed by atoms with Crippen molar-refractivity contribution in [2.45, 2.75) is 118 Å². The molecule has 4 aliphatic carbocycles. The number of carbonyl (C=O) groups excluding carboxylic acids is 1. The Morgan fingerprint density at radius 3 is 2.50 bits per heavy atom. The van der Waals surface area contributed by atoms with Gasteiger partial charge in [-0.05, 0) is 118 Å². The summed E-state index contributed by atoms with van der Waals surface area (Å²) in [4.78, 5) is 12.0. The van der Waals surface area contributed by atoms with Gasteiger partial charge in [0.15, 0.2) is 0 Å². The minimum atomic E-state index is -0.125. The number of hydrogen-bond acceptors (Lipinski definition) is 4. The number of carbonyl (C=O) groups is 1. The summed E-state index contributed by atoms with van der Waals surface area (Å²) in [5.41, 5.74) is 2.51. The molecule has 0 unspecified atom stereocenters. The molecule has 4 heteroatoms. The van der Waals surface area contributed by atoms with E-state index < -0.39 is 0 Å². The van der Waals surface area contributed by atoms with Gasteiger partial charge in [0.1, 0.15) is 6.10 Å². The van der Waals surface area contributed by atoms with Crippen LogP contribution in [0, 0.1) is 52.3 Å². The first kappa shape index (κ1) is 26.7. The van der Waals surface area contributed by atoms with E-state index in [1.165, 1.54) is 51.5 Å². The Kier molecular flexibility index (Phi) is 7.44. The number of likely N-dealkylation sites (N-methyl/N-ethyl adjacent to an activating group) is 1. The quantitative estimate of drug-likeness (QED) is 0.331. The third kappa shape index (κ3) is 4.31. The number of rotatable bonds is 6. The Morgan fingerprint density at radius 1 is 1.08 bits per heavy atom. The number of hydrogen-bond donors (Lipinski definition) is 2. The fourth-order valence-corrected chi connectivity index (χ4v) is 10.6. The van der Waals surface area contributed by atoms with Gasteiger partial charge in [0, 0.05) is 24.9 Å². The second-order valence-corrected chi connectivity index (χ2v) is 14.4. The molecule has 4 nitrogen and oxygen atoms in total. The molecule has 4 fully saturated rings. The molecule has 0 spiro atoms. The minimum Gasteiger partial charge on any atom is -0.461 e. The highest BCUT2D eigenvalue weighted by Gasteiger charge is 2.60. The number of fused-ring (bicyclic) bond motifs is 5. The molecule has 5 rings (SSSR count). The zero-order chi connectivity index (χ0) is 25.8. The molecule has 204 valence electrons. The fourth-order valence-electron chi connectivity index (χ4n) is 10.6. The molecule has 11 atom stereocenters. The van der Waals surface area contributed by atoms with E-state index in [1.54, 1.807) is 12.5 Å². The van der Waals surface area contributed by atoms with Crippen LogP contribution in [-0.2, 0) is 9.53 Å². The number of ether oxygens (including phenoxy) is 1. The lowest BCUT2D eigenvalue weighted by molar-refractivity contribution is -0.162. The Labute approximate surface area is 221 Å². The van der Waals surface area contributed by atoms with Crippen LogP contribution in [0.2, 0.25) is 0 Å². The summed E-state index contributed by atoms with van der Waals surface area (Å²) < 4.78 is 6.02. The average Bonchev–Trinajstić information content (AvgIpc) is 3.42. The molecule has 0 aromatic carbocycles. The maximum atomic E-state index is 12.0. The molecule has 0 aromatic rings. The Hall–Kier alpha value is -0.870. The van der Waals surface area contributed by atoms with Crippen molar-refractivity contribution in [3.8, 4) is 0 Å². The highest BCUT2D eigenvalue weighted by Crippen LogP contribution is 2.67. The third-order valence-corrected chi connectivity index (χ3v) is 12.5. The van der Waals surface area contributed by atoms with Crippen LogP contribution in [-0.4, -0.2) is 37.7 Å². The van der Waals surface area contributed by atoms with E-state index in [9.17, 15) is 4.79 Å². The van der Waals surface area contributed by atoms with Crippen molar-refractivity contribution in [1.82, 2.24) is 10.6 Å². The van der Waals surface area contributed by atoms with Crippen molar-refractivity contribution >= 4 is 5.97 Å². The molecular formula is C32H54N2O2. The SMILES string of the molecule is CN[C@@H]1CC[C@]2(C)[C@H]3CC[C@]4(C)[C@@H]([C@H](C)C[C@H]5NCC[C@H]5C(C)C)CC[C@H]4C3=CC[C@H]2[C@H]1OC(C)=O. The predicted octanol–water partition coefficient (Wildman–Crippen LogP) is 6.36. The molecular weight excluding hydrogens is 444 g/mol. The van der Waals surface area contributed by atoms with Gasteiger partial charge in [-0.1, -0.05) is 46.3 Å². The monoisotopic (exact) mass is 498 g/mol. The molecule has 0 radical (unpaired) electrons. The second-order valence-electron chi connectivity index (χ2n) is 14.4. The Balaban J connectivity index is 1.35. The Morgan fingerprint density at radius 2 is 1.81 bits per heavy atom. The second kappa shape index (κ2) is 10.0. The first-order valence-corrected chi connectivity index (χ1v) is 15.4. The van der Waals surface area contributed by atoms with Gasteiger partial charge < -0.3 is 15.4 Å². The summed E-state index contributed by atoms with van der Waals surface area (Å²) in [5.74, 6) is 5.01. The van der Waals surface area contributed by atoms with Crippen molar-refractivity contribution in [1.29, 1.82) is 0 Å². The highest BCUT2D eigenvalue weighted by molar-refractivity contribution is 5.66. The van der Waals surface area contributed by atoms with Crippen LogP contribution in [0.1, 0.15) is 99.3 Å². The third-order valence-electron chi connectivity index (χ3n) is 12.5. The first-order valence-electron chi connectivity index (χ1n) is 15.4. The molecule has 5 aliphatic rings. The van der Waals surface area contributed by atoms with Crippen LogP contribution in [0.25, 0.3) is 0 Å². The highest BCUT2D eigenvalue weighted by atomic mass is 16.5. The van der Waals surface area contributed by atoms with E-state index in [0.717, 1.165) is 42.4 Å². The van der Waals surface area contributed by atoms with Gasteiger partial charge in [0.05, 0.1) is 0 Å². The van der Waals surface area contributed by atoms with Crippen molar-refractivity contribution in [3.63, 3.8) is 0 Å². The zero-order valence-corrected chi connectivity index (χ0v) is 24.2. The van der Waals surface area contributed by atoms with Crippen LogP contribution in [0.5, 0.6) is 0 Å². The normalized spacial score (nSPS) is 47.1. The lowest BCUT2D eigenvalue weighted by atomic mass is 9.47. The van der Waals surface area contributed by atoms with E-state index in [2.05, 4.69) is 51.3 Å². The largest absolute Gasteiger partial charge is 0.461 e. The van der Waals surface area contributed by atoms with E-state index in [1.807, 2.05) is 7.05 Å². The molecule has 0 bridgehead atoms. The maximum Gasteiger partial charge on any atom is 0.302 e. The maximum absolute atomic E-state index is 12.0. The van der Waals surface area contributed by atoms with Gasteiger partial charge in [0.2, 0.25) is 0 Å². The summed E-state index contributed by atoms with van der Waals surface area (Å²) in [6.07, 6.45) is 14.3. The van der Waals surface area contributed by atoms with Gasteiger partial charge in [-0.15, -0.1) is 0 Å². The van der Waals surface area contributed by atoms with Crippen molar-refractivity contribution in [2.24, 2.45) is 52.3 Å². The molecule has 2 N–H and O–H groups in total. The molecule has 3 saturated carbocycles.